The molecule has 17 heavy (non-hydrogen) atoms. The first-order chi connectivity index (χ1) is 7.93. The molecule has 0 fully saturated rings. The number of carbonyl (C=O) groups excluding carboxylic acids is 1. The smallest absolute Gasteiger partial charge is 0.395 e. The predicted octanol–water partition coefficient (Wildman–Crippen LogP) is 1.36. The van der Waals surface area contributed by atoms with Gasteiger partial charge in [0.2, 0.25) is 5.91 Å². The van der Waals surface area contributed by atoms with E-state index in [1.54, 1.807) is 0 Å². The summed E-state index contributed by atoms with van der Waals surface area (Å²) in [7, 11) is 0. The number of benzene rings is 1. The second kappa shape index (κ2) is 5.67. The Morgan fingerprint density at radius 1 is 1.35 bits per heavy atom. The Morgan fingerprint density at radius 2 is 2.06 bits per heavy atom. The van der Waals surface area contributed by atoms with E-state index in [1.807, 2.05) is 0 Å². The maximum atomic E-state index is 12.4. The van der Waals surface area contributed by atoms with Crippen LogP contribution < -0.4 is 5.32 Å². The standard InChI is InChI=1S/C11H12F3NO2/c12-11(13,14)9-3-1-2-8(6-9)7-10(17)15-4-5-16/h1-3,6,16H,4-5,7H2,(H,15,17). The van der Waals surface area contributed by atoms with E-state index in [4.69, 9.17) is 5.11 Å². The first-order valence-electron chi connectivity index (χ1n) is 4.97. The van der Waals surface area contributed by atoms with Crippen LogP contribution in [-0.2, 0) is 17.4 Å². The fourth-order valence-electron chi connectivity index (χ4n) is 1.30. The van der Waals surface area contributed by atoms with Gasteiger partial charge in [0.15, 0.2) is 0 Å². The van der Waals surface area contributed by atoms with E-state index in [0.717, 1.165) is 12.1 Å². The lowest BCUT2D eigenvalue weighted by Crippen LogP contribution is -2.27. The normalized spacial score (nSPS) is 11.3. The topological polar surface area (TPSA) is 49.3 Å². The SMILES string of the molecule is O=C(Cc1cccc(C(F)(F)F)c1)NCCO. The molecule has 0 atom stereocenters. The van der Waals surface area contributed by atoms with Crippen molar-refractivity contribution in [2.75, 3.05) is 13.2 Å². The number of nitrogens with one attached hydrogen (secondary N) is 1. The lowest BCUT2D eigenvalue weighted by Gasteiger charge is -2.08. The molecule has 0 spiro atoms. The van der Waals surface area contributed by atoms with Crippen LogP contribution in [0.1, 0.15) is 11.1 Å². The first-order valence-corrected chi connectivity index (χ1v) is 4.97. The van der Waals surface area contributed by atoms with E-state index >= 15 is 0 Å². The summed E-state index contributed by atoms with van der Waals surface area (Å²) in [4.78, 5) is 11.2. The molecule has 1 amide bonds. The molecular weight excluding hydrogens is 235 g/mol. The Bertz CT molecular complexity index is 391. The minimum atomic E-state index is -4.41. The number of hydrogen-bond donors (Lipinski definition) is 2. The third-order valence-corrected chi connectivity index (χ3v) is 2.05. The number of hydrogen-bond acceptors (Lipinski definition) is 2. The molecule has 0 heterocycles. The van der Waals surface area contributed by atoms with Crippen LogP contribution in [0.5, 0.6) is 0 Å². The maximum absolute atomic E-state index is 12.4. The highest BCUT2D eigenvalue weighted by Crippen LogP contribution is 2.29. The third-order valence-electron chi connectivity index (χ3n) is 2.05. The van der Waals surface area contributed by atoms with Crippen LogP contribution in [0.2, 0.25) is 0 Å². The molecular formula is C11H12F3NO2. The van der Waals surface area contributed by atoms with Crippen molar-refractivity contribution in [3.05, 3.63) is 35.4 Å². The van der Waals surface area contributed by atoms with Crippen molar-refractivity contribution in [2.24, 2.45) is 0 Å². The number of aliphatic hydroxyl groups excluding tert-OH is 1. The zero-order valence-electron chi connectivity index (χ0n) is 8.92. The highest BCUT2D eigenvalue weighted by atomic mass is 19.4. The van der Waals surface area contributed by atoms with Crippen LogP contribution in [0.3, 0.4) is 0 Å². The van der Waals surface area contributed by atoms with Gasteiger partial charge in [-0.05, 0) is 11.6 Å². The van der Waals surface area contributed by atoms with Crippen LogP contribution in [0.15, 0.2) is 24.3 Å². The summed E-state index contributed by atoms with van der Waals surface area (Å²) in [5, 5.41) is 10.8. The molecule has 2 N–H and O–H groups in total. The van der Waals surface area contributed by atoms with E-state index in [9.17, 15) is 18.0 Å². The molecule has 6 heteroatoms. The van der Waals surface area contributed by atoms with Crippen LogP contribution in [0.25, 0.3) is 0 Å². The number of rotatable bonds is 4. The molecule has 94 valence electrons. The average Bonchev–Trinajstić information content (AvgIpc) is 2.25. The largest absolute Gasteiger partial charge is 0.416 e. The Hall–Kier alpha value is -1.56. The van der Waals surface area contributed by atoms with Gasteiger partial charge >= 0.3 is 6.18 Å². The van der Waals surface area contributed by atoms with Gasteiger partial charge in [-0.2, -0.15) is 13.2 Å². The lowest BCUT2D eigenvalue weighted by atomic mass is 10.1. The van der Waals surface area contributed by atoms with Crippen molar-refractivity contribution in [3.63, 3.8) is 0 Å². The van der Waals surface area contributed by atoms with Gasteiger partial charge in [0.1, 0.15) is 0 Å². The molecule has 0 radical (unpaired) electrons. The summed E-state index contributed by atoms with van der Waals surface area (Å²) in [5.41, 5.74) is -0.486. The zero-order chi connectivity index (χ0) is 12.9. The van der Waals surface area contributed by atoms with Crippen molar-refractivity contribution in [1.29, 1.82) is 0 Å². The highest BCUT2D eigenvalue weighted by Gasteiger charge is 2.30. The van der Waals surface area contributed by atoms with Gasteiger partial charge in [-0.1, -0.05) is 18.2 Å². The van der Waals surface area contributed by atoms with Gasteiger partial charge in [0.25, 0.3) is 0 Å². The molecule has 0 saturated heterocycles. The van der Waals surface area contributed by atoms with Crippen LogP contribution in [0.4, 0.5) is 13.2 Å². The Labute approximate surface area is 96.3 Å². The Morgan fingerprint density at radius 3 is 2.65 bits per heavy atom. The molecule has 1 aromatic rings. The summed E-state index contributed by atoms with van der Waals surface area (Å²) in [5.74, 6) is -0.418. The van der Waals surface area contributed by atoms with Gasteiger partial charge in [0, 0.05) is 6.54 Å². The van der Waals surface area contributed by atoms with Crippen molar-refractivity contribution >= 4 is 5.91 Å². The average molecular weight is 247 g/mol. The van der Waals surface area contributed by atoms with Gasteiger partial charge in [-0.25, -0.2) is 0 Å². The summed E-state index contributed by atoms with van der Waals surface area (Å²) in [6.07, 6.45) is -4.54. The van der Waals surface area contributed by atoms with Gasteiger partial charge < -0.3 is 10.4 Å². The molecule has 0 saturated carbocycles. The van der Waals surface area contributed by atoms with Gasteiger partial charge in [0.05, 0.1) is 18.6 Å². The van der Waals surface area contributed by atoms with Crippen LogP contribution in [0, 0.1) is 0 Å². The molecule has 1 aromatic carbocycles. The molecule has 0 aromatic heterocycles. The fraction of sp³-hybridized carbons (Fsp3) is 0.364. The molecule has 0 bridgehead atoms. The van der Waals surface area contributed by atoms with Crippen molar-refractivity contribution in [2.45, 2.75) is 12.6 Å². The quantitative estimate of drug-likeness (QED) is 0.844. The number of halogens is 3. The van der Waals surface area contributed by atoms with Crippen molar-refractivity contribution < 1.29 is 23.1 Å². The van der Waals surface area contributed by atoms with Crippen molar-refractivity contribution in [1.82, 2.24) is 5.32 Å². The van der Waals surface area contributed by atoms with Gasteiger partial charge in [-0.15, -0.1) is 0 Å². The minimum absolute atomic E-state index is 0.0950. The number of carbonyl (C=O) groups is 1. The van der Waals surface area contributed by atoms with Crippen LogP contribution in [-0.4, -0.2) is 24.2 Å². The third kappa shape index (κ3) is 4.44. The Kier molecular flexibility index (Phi) is 4.51. The minimum Gasteiger partial charge on any atom is -0.395 e. The summed E-state index contributed by atoms with van der Waals surface area (Å²) in [6, 6.07) is 4.61. The second-order valence-corrected chi connectivity index (χ2v) is 3.45. The molecule has 0 unspecified atom stereocenters. The van der Waals surface area contributed by atoms with E-state index in [2.05, 4.69) is 5.32 Å². The summed E-state index contributed by atoms with van der Waals surface area (Å²) < 4.78 is 37.1. The number of alkyl halides is 3. The van der Waals surface area contributed by atoms with Gasteiger partial charge in [-0.3, -0.25) is 4.79 Å². The Balaban J connectivity index is 2.69. The van der Waals surface area contributed by atoms with E-state index in [-0.39, 0.29) is 25.1 Å². The summed E-state index contributed by atoms with van der Waals surface area (Å²) >= 11 is 0. The van der Waals surface area contributed by atoms with Crippen molar-refractivity contribution in [3.8, 4) is 0 Å². The predicted molar refractivity (Wildman–Crippen MR) is 55.2 cm³/mol. The molecule has 0 aliphatic carbocycles. The summed E-state index contributed by atoms with van der Waals surface area (Å²) in [6.45, 7) is -0.105. The lowest BCUT2D eigenvalue weighted by molar-refractivity contribution is -0.137. The van der Waals surface area contributed by atoms with E-state index < -0.39 is 17.6 Å². The number of aliphatic hydroxyl groups is 1. The molecule has 3 nitrogen and oxygen atoms in total. The van der Waals surface area contributed by atoms with Crippen LogP contribution >= 0.6 is 0 Å². The second-order valence-electron chi connectivity index (χ2n) is 3.45. The van der Waals surface area contributed by atoms with E-state index in [0.29, 0.717) is 0 Å². The fourth-order valence-corrected chi connectivity index (χ4v) is 1.30. The monoisotopic (exact) mass is 247 g/mol. The number of amides is 1. The highest BCUT2D eigenvalue weighted by molar-refractivity contribution is 5.78. The zero-order valence-corrected chi connectivity index (χ0v) is 8.92. The van der Waals surface area contributed by atoms with E-state index in [1.165, 1.54) is 12.1 Å². The maximum Gasteiger partial charge on any atom is 0.416 e. The molecule has 0 aliphatic rings. The molecule has 1 rings (SSSR count). The first kappa shape index (κ1) is 13.5. The molecule has 0 aliphatic heterocycles.